The molecule has 0 N–H and O–H groups in total. The van der Waals surface area contributed by atoms with Crippen LogP contribution in [0.2, 0.25) is 0 Å². The molecule has 2 aromatic carbocycles. The van der Waals surface area contributed by atoms with Crippen molar-refractivity contribution in [2.24, 2.45) is 4.99 Å². The predicted molar refractivity (Wildman–Crippen MR) is 121 cm³/mol. The van der Waals surface area contributed by atoms with E-state index >= 15 is 0 Å². The molecule has 3 aliphatic heterocycles. The van der Waals surface area contributed by atoms with Crippen LogP contribution in [0.3, 0.4) is 0 Å². The van der Waals surface area contributed by atoms with Crippen LogP contribution in [0.5, 0.6) is 0 Å². The summed E-state index contributed by atoms with van der Waals surface area (Å²) in [6, 6.07) is 9.59. The third kappa shape index (κ3) is 3.41. The van der Waals surface area contributed by atoms with Gasteiger partial charge in [0.15, 0.2) is 0 Å². The number of allylic oxidation sites excluding steroid dienone is 1. The second-order valence-electron chi connectivity index (χ2n) is 8.99. The highest BCUT2D eigenvalue weighted by Crippen LogP contribution is 2.36. The summed E-state index contributed by atoms with van der Waals surface area (Å²) in [4.78, 5) is 7.61. The van der Waals surface area contributed by atoms with Crippen LogP contribution in [-0.4, -0.2) is 26.2 Å². The Kier molecular flexibility index (Phi) is 4.77. The summed E-state index contributed by atoms with van der Waals surface area (Å²) in [5.41, 5.74) is 9.66. The van der Waals surface area contributed by atoms with Crippen molar-refractivity contribution >= 4 is 11.4 Å². The number of hydrogen-bond donors (Lipinski definition) is 0. The summed E-state index contributed by atoms with van der Waals surface area (Å²) in [5, 5.41) is 2.65. The van der Waals surface area contributed by atoms with Gasteiger partial charge in [-0.25, -0.2) is 9.57 Å². The van der Waals surface area contributed by atoms with Crippen molar-refractivity contribution < 1.29 is 0 Å². The van der Waals surface area contributed by atoms with Crippen LogP contribution >= 0.6 is 0 Å². The van der Waals surface area contributed by atoms with Crippen molar-refractivity contribution in [2.75, 3.05) is 31.1 Å². The molecular formula is C26H32N3+. The molecule has 0 spiro atoms. The van der Waals surface area contributed by atoms with Gasteiger partial charge in [-0.1, -0.05) is 5.57 Å². The van der Waals surface area contributed by atoms with E-state index in [-0.39, 0.29) is 0 Å². The monoisotopic (exact) mass is 386 g/mol. The first-order valence-corrected chi connectivity index (χ1v) is 11.3. The van der Waals surface area contributed by atoms with Crippen LogP contribution < -0.4 is 20.2 Å². The van der Waals surface area contributed by atoms with Crippen LogP contribution in [0.15, 0.2) is 41.4 Å². The molecule has 3 aliphatic rings. The van der Waals surface area contributed by atoms with Crippen LogP contribution in [0.4, 0.5) is 11.4 Å². The maximum absolute atomic E-state index is 5.11. The fraction of sp³-hybridized carbons (Fsp3) is 0.462. The van der Waals surface area contributed by atoms with Crippen molar-refractivity contribution in [1.82, 2.24) is 4.58 Å². The van der Waals surface area contributed by atoms with Gasteiger partial charge < -0.3 is 4.90 Å². The highest BCUT2D eigenvalue weighted by atomic mass is 15.1. The number of likely N-dealkylation sites (N-methyl/N-ethyl adjacent to an activating group) is 1. The molecule has 0 saturated heterocycles. The average Bonchev–Trinajstić information content (AvgIpc) is 3.10. The molecule has 2 aromatic rings. The number of rotatable bonds is 5. The topological polar surface area (TPSA) is 18.6 Å². The Bertz CT molecular complexity index is 1110. The van der Waals surface area contributed by atoms with E-state index in [0.717, 1.165) is 38.9 Å². The first-order valence-electron chi connectivity index (χ1n) is 11.3. The predicted octanol–water partition coefficient (Wildman–Crippen LogP) is 3.72. The van der Waals surface area contributed by atoms with Crippen LogP contribution in [-0.2, 0) is 19.3 Å². The van der Waals surface area contributed by atoms with E-state index in [2.05, 4.69) is 54.2 Å². The molecule has 3 heterocycles. The van der Waals surface area contributed by atoms with Gasteiger partial charge in [-0.2, -0.15) is 0 Å². The minimum absolute atomic E-state index is 1.01. The highest BCUT2D eigenvalue weighted by molar-refractivity contribution is 5.67. The third-order valence-electron chi connectivity index (χ3n) is 6.80. The number of nitrogens with zero attached hydrogens (tertiary/aromatic N) is 3. The average molecular weight is 387 g/mol. The largest absolute Gasteiger partial charge is 0.371 e. The standard InChI is InChI=1S/C26H32N3/c1-4-28-12-9-20-15-24-21(16-25(20)28)13-22-17-26-19(14-23(22)27-24)8-6-11-29(26)10-5-7-18(2)3/h14-17H,2,4-13H2,1,3H3/q+1. The molecule has 0 saturated carbocycles. The smallest absolute Gasteiger partial charge is 0.203 e. The van der Waals surface area contributed by atoms with E-state index in [1.165, 1.54) is 75.7 Å². The van der Waals surface area contributed by atoms with Gasteiger partial charge in [-0.05, 0) is 68.0 Å². The maximum atomic E-state index is 5.11. The molecule has 150 valence electrons. The lowest BCUT2D eigenvalue weighted by molar-refractivity contribution is 0.505. The Morgan fingerprint density at radius 2 is 2.00 bits per heavy atom. The summed E-state index contributed by atoms with van der Waals surface area (Å²) in [6.45, 7) is 13.0. The van der Waals surface area contributed by atoms with Crippen molar-refractivity contribution in [3.8, 4) is 0 Å². The van der Waals surface area contributed by atoms with Gasteiger partial charge in [0.2, 0.25) is 5.36 Å². The molecule has 0 radical (unpaired) electrons. The summed E-state index contributed by atoms with van der Waals surface area (Å²) in [7, 11) is 0. The van der Waals surface area contributed by atoms with Gasteiger partial charge in [0.25, 0.3) is 0 Å². The molecule has 0 amide bonds. The summed E-state index contributed by atoms with van der Waals surface area (Å²) >= 11 is 0. The lowest BCUT2D eigenvalue weighted by Gasteiger charge is -2.20. The number of benzene rings is 2. The molecule has 0 aromatic heterocycles. The lowest BCUT2D eigenvalue weighted by atomic mass is 9.94. The highest BCUT2D eigenvalue weighted by Gasteiger charge is 2.24. The molecule has 0 atom stereocenters. The molecule has 3 nitrogen and oxygen atoms in total. The first kappa shape index (κ1) is 18.6. The Morgan fingerprint density at radius 3 is 2.83 bits per heavy atom. The lowest BCUT2D eigenvalue weighted by Crippen LogP contribution is -2.40. The second-order valence-corrected chi connectivity index (χ2v) is 8.99. The van der Waals surface area contributed by atoms with Crippen molar-refractivity contribution in [2.45, 2.75) is 52.4 Å². The van der Waals surface area contributed by atoms with Crippen molar-refractivity contribution in [1.29, 1.82) is 0 Å². The van der Waals surface area contributed by atoms with Gasteiger partial charge in [0.1, 0.15) is 13.1 Å². The molecule has 3 heteroatoms. The fourth-order valence-corrected chi connectivity index (χ4v) is 5.23. The van der Waals surface area contributed by atoms with Gasteiger partial charge in [0.05, 0.1) is 11.0 Å². The number of hydrogen-bond acceptors (Lipinski definition) is 2. The summed E-state index contributed by atoms with van der Waals surface area (Å²) in [6.07, 6.45) is 6.90. The van der Waals surface area contributed by atoms with Gasteiger partial charge in [-0.3, -0.25) is 0 Å². The van der Waals surface area contributed by atoms with E-state index < -0.39 is 0 Å². The Morgan fingerprint density at radius 1 is 1.10 bits per heavy atom. The summed E-state index contributed by atoms with van der Waals surface area (Å²) < 4.78 is 2.60. The van der Waals surface area contributed by atoms with Crippen molar-refractivity contribution in [3.05, 3.63) is 69.4 Å². The number of aryl methyl sites for hydroxylation is 1. The molecular weight excluding hydrogens is 354 g/mol. The van der Waals surface area contributed by atoms with E-state index in [9.17, 15) is 0 Å². The quantitative estimate of drug-likeness (QED) is 0.483. The van der Waals surface area contributed by atoms with Crippen LogP contribution in [0.1, 0.15) is 55.4 Å². The fourth-order valence-electron chi connectivity index (χ4n) is 5.23. The SMILES string of the molecule is C=C(C)CCC[N+]1=c2cc3c(cc2CCC1)=Nc1cc2c(cc1C3)N(CC)CC2. The van der Waals surface area contributed by atoms with Crippen LogP contribution in [0.25, 0.3) is 0 Å². The Balaban J connectivity index is 1.55. The van der Waals surface area contributed by atoms with E-state index in [1.54, 1.807) is 0 Å². The van der Waals surface area contributed by atoms with E-state index in [0.29, 0.717) is 0 Å². The number of fused-ring (bicyclic) bond motifs is 4. The zero-order valence-corrected chi connectivity index (χ0v) is 17.9. The second kappa shape index (κ2) is 7.44. The minimum Gasteiger partial charge on any atom is -0.371 e. The third-order valence-corrected chi connectivity index (χ3v) is 6.80. The van der Waals surface area contributed by atoms with Gasteiger partial charge >= 0.3 is 0 Å². The minimum atomic E-state index is 1.01. The normalized spacial score (nSPS) is 16.6. The van der Waals surface area contributed by atoms with Gasteiger partial charge in [-0.15, -0.1) is 6.58 Å². The van der Waals surface area contributed by atoms with Crippen molar-refractivity contribution in [3.63, 3.8) is 0 Å². The Hall–Kier alpha value is -2.42. The molecule has 29 heavy (non-hydrogen) atoms. The molecule has 0 aliphatic carbocycles. The Labute approximate surface area is 174 Å². The van der Waals surface area contributed by atoms with E-state index in [1.807, 2.05) is 0 Å². The zero-order chi connectivity index (χ0) is 20.0. The zero-order valence-electron chi connectivity index (χ0n) is 17.9. The first-order chi connectivity index (χ1) is 14.1. The molecule has 0 unspecified atom stereocenters. The maximum Gasteiger partial charge on any atom is 0.203 e. The summed E-state index contributed by atoms with van der Waals surface area (Å²) in [5.74, 6) is 0. The van der Waals surface area contributed by atoms with Gasteiger partial charge in [0, 0.05) is 49.7 Å². The molecule has 0 fully saturated rings. The number of anilines is 1. The van der Waals surface area contributed by atoms with Crippen LogP contribution in [0, 0.1) is 0 Å². The molecule has 0 bridgehead atoms. The van der Waals surface area contributed by atoms with E-state index in [4.69, 9.17) is 4.99 Å². The molecule has 5 rings (SSSR count).